The third-order valence-electron chi connectivity index (χ3n) is 4.70. The van der Waals surface area contributed by atoms with Gasteiger partial charge >= 0.3 is 5.97 Å². The number of hydrogen-bond donors (Lipinski definition) is 1. The summed E-state index contributed by atoms with van der Waals surface area (Å²) in [5.74, 6) is 2.27. The van der Waals surface area contributed by atoms with Crippen molar-refractivity contribution in [3.05, 3.63) is 33.4 Å². The average molecular weight is 525 g/mol. The monoisotopic (exact) mass is 524 g/mol. The fraction of sp³-hybridized carbons (Fsp3) is 0.500. The van der Waals surface area contributed by atoms with Gasteiger partial charge in [0, 0.05) is 5.70 Å². The van der Waals surface area contributed by atoms with Gasteiger partial charge in [0.15, 0.2) is 11.5 Å². The van der Waals surface area contributed by atoms with Crippen molar-refractivity contribution < 1.29 is 19.0 Å². The molecule has 0 amide bonds. The first-order valence-electron chi connectivity index (χ1n) is 10.8. The first kappa shape index (κ1) is 24.4. The van der Waals surface area contributed by atoms with Crippen LogP contribution in [0.25, 0.3) is 0 Å². The molecular weight excluding hydrogens is 496 g/mol. The fourth-order valence-electron chi connectivity index (χ4n) is 3.46. The largest absolute Gasteiger partial charge is 0.490 e. The summed E-state index contributed by atoms with van der Waals surface area (Å²) in [6.07, 6.45) is 0.741. The van der Waals surface area contributed by atoms with Crippen LogP contribution in [0.1, 0.15) is 52.6 Å². The number of ether oxygens (including phenoxy) is 3. The van der Waals surface area contributed by atoms with Gasteiger partial charge in [-0.25, -0.2) is 9.48 Å². The number of allylic oxidation sites excluding steroid dienone is 1. The molecule has 8 nitrogen and oxygen atoms in total. The Morgan fingerprint density at radius 2 is 1.97 bits per heavy atom. The van der Waals surface area contributed by atoms with Crippen molar-refractivity contribution in [3.63, 3.8) is 0 Å². The number of rotatable bonds is 10. The zero-order valence-electron chi connectivity index (χ0n) is 19.0. The summed E-state index contributed by atoms with van der Waals surface area (Å²) in [4.78, 5) is 17.7. The molecule has 0 saturated heterocycles. The van der Waals surface area contributed by atoms with E-state index in [1.54, 1.807) is 16.4 Å². The summed E-state index contributed by atoms with van der Waals surface area (Å²) in [7, 11) is 0. The maximum absolute atomic E-state index is 13.1. The van der Waals surface area contributed by atoms with E-state index in [0.717, 1.165) is 22.2 Å². The van der Waals surface area contributed by atoms with E-state index >= 15 is 0 Å². The van der Waals surface area contributed by atoms with Gasteiger partial charge in [-0.3, -0.25) is 0 Å². The number of carbonyl (C=O) groups excluding carboxylic acids is 1. The summed E-state index contributed by atoms with van der Waals surface area (Å²) < 4.78 is 19.7. The molecule has 0 spiro atoms. The number of aromatic nitrogens is 3. The maximum atomic E-state index is 13.1. The molecule has 1 unspecified atom stereocenters. The molecule has 2 aromatic rings. The SMILES string of the molecule is CCCOC(=O)C1=C(C)Nc2nc(SCC)nn2C1c1cc(Br)c(OCC)c(OCC)c1. The molecule has 1 aliphatic rings. The maximum Gasteiger partial charge on any atom is 0.338 e. The quantitative estimate of drug-likeness (QED) is 0.335. The molecule has 2 heterocycles. The second-order valence-corrected chi connectivity index (χ2v) is 9.08. The lowest BCUT2D eigenvalue weighted by Gasteiger charge is -2.29. The van der Waals surface area contributed by atoms with E-state index in [0.29, 0.717) is 53.7 Å². The third kappa shape index (κ3) is 5.06. The zero-order valence-corrected chi connectivity index (χ0v) is 21.4. The molecule has 0 radical (unpaired) electrons. The number of nitrogens with zero attached hydrogens (tertiary/aromatic N) is 3. The minimum Gasteiger partial charge on any atom is -0.490 e. The van der Waals surface area contributed by atoms with Gasteiger partial charge in [-0.1, -0.05) is 25.6 Å². The lowest BCUT2D eigenvalue weighted by atomic mass is 9.95. The van der Waals surface area contributed by atoms with E-state index in [1.165, 1.54) is 0 Å². The Hall–Kier alpha value is -2.20. The van der Waals surface area contributed by atoms with Crippen LogP contribution in [0.2, 0.25) is 0 Å². The lowest BCUT2D eigenvalue weighted by molar-refractivity contribution is -0.139. The van der Waals surface area contributed by atoms with Crippen molar-refractivity contribution in [1.82, 2.24) is 14.8 Å². The second-order valence-electron chi connectivity index (χ2n) is 6.99. The van der Waals surface area contributed by atoms with Gasteiger partial charge in [-0.2, -0.15) is 4.98 Å². The van der Waals surface area contributed by atoms with Crippen molar-refractivity contribution in [2.24, 2.45) is 0 Å². The second kappa shape index (κ2) is 11.1. The molecular formula is C22H29BrN4O4S. The molecule has 1 N–H and O–H groups in total. The topological polar surface area (TPSA) is 87.5 Å². The standard InChI is InChI=1S/C22H29BrN4O4S/c1-6-10-31-20(28)17-13(5)24-21-25-22(32-9-4)26-27(21)18(17)14-11-15(23)19(30-8-3)16(12-14)29-7-2/h11-12,18H,6-10H2,1-5H3,(H,24,25,26). The number of thioether (sulfide) groups is 1. The van der Waals surface area contributed by atoms with E-state index in [-0.39, 0.29) is 5.97 Å². The number of nitrogens with one attached hydrogen (secondary N) is 1. The lowest BCUT2D eigenvalue weighted by Crippen LogP contribution is -2.30. The number of hydrogen-bond acceptors (Lipinski definition) is 8. The van der Waals surface area contributed by atoms with E-state index < -0.39 is 6.04 Å². The molecule has 0 bridgehead atoms. The molecule has 174 valence electrons. The minimum absolute atomic E-state index is 0.348. The van der Waals surface area contributed by atoms with Crippen LogP contribution in [0.5, 0.6) is 11.5 Å². The molecule has 3 rings (SSSR count). The van der Waals surface area contributed by atoms with Gasteiger partial charge < -0.3 is 19.5 Å². The van der Waals surface area contributed by atoms with Gasteiger partial charge in [0.25, 0.3) is 0 Å². The molecule has 1 aromatic heterocycles. The van der Waals surface area contributed by atoms with E-state index in [9.17, 15) is 4.79 Å². The minimum atomic E-state index is -0.527. The molecule has 0 saturated carbocycles. The van der Waals surface area contributed by atoms with Crippen LogP contribution in [0.4, 0.5) is 5.95 Å². The average Bonchev–Trinajstić information content (AvgIpc) is 3.15. The highest BCUT2D eigenvalue weighted by Crippen LogP contribution is 2.43. The molecule has 10 heteroatoms. The van der Waals surface area contributed by atoms with E-state index in [1.807, 2.05) is 46.8 Å². The van der Waals surface area contributed by atoms with Crippen molar-refractivity contribution in [3.8, 4) is 11.5 Å². The summed E-state index contributed by atoms with van der Waals surface area (Å²) in [5.41, 5.74) is 1.99. The Balaban J connectivity index is 2.18. The smallest absolute Gasteiger partial charge is 0.338 e. The first-order valence-corrected chi connectivity index (χ1v) is 12.6. The van der Waals surface area contributed by atoms with Crippen LogP contribution < -0.4 is 14.8 Å². The van der Waals surface area contributed by atoms with Gasteiger partial charge in [0.2, 0.25) is 11.1 Å². The molecule has 1 atom stereocenters. The fourth-order valence-corrected chi connectivity index (χ4v) is 4.59. The van der Waals surface area contributed by atoms with E-state index in [2.05, 4.69) is 31.3 Å². The summed E-state index contributed by atoms with van der Waals surface area (Å²) >= 11 is 5.16. The normalized spacial score (nSPS) is 15.2. The molecule has 1 aromatic carbocycles. The number of anilines is 1. The van der Waals surface area contributed by atoms with Crippen LogP contribution in [0.3, 0.4) is 0 Å². The van der Waals surface area contributed by atoms with Crippen molar-refractivity contribution in [1.29, 1.82) is 0 Å². The zero-order chi connectivity index (χ0) is 23.3. The van der Waals surface area contributed by atoms with Crippen molar-refractivity contribution in [2.75, 3.05) is 30.9 Å². The Labute approximate surface area is 201 Å². The Bertz CT molecular complexity index is 1010. The van der Waals surface area contributed by atoms with Crippen LogP contribution in [0, 0.1) is 0 Å². The van der Waals surface area contributed by atoms with Crippen molar-refractivity contribution >= 4 is 39.6 Å². The number of benzene rings is 1. The van der Waals surface area contributed by atoms with Gasteiger partial charge in [0.05, 0.1) is 29.9 Å². The molecule has 1 aliphatic heterocycles. The summed E-state index contributed by atoms with van der Waals surface area (Å²) in [5, 5.41) is 8.55. The predicted octanol–water partition coefficient (Wildman–Crippen LogP) is 5.19. The van der Waals surface area contributed by atoms with Gasteiger partial charge in [-0.05, 0) is 66.6 Å². The van der Waals surface area contributed by atoms with Crippen LogP contribution in [0.15, 0.2) is 33.0 Å². The molecule has 0 fully saturated rings. The van der Waals surface area contributed by atoms with Crippen LogP contribution >= 0.6 is 27.7 Å². The highest BCUT2D eigenvalue weighted by Gasteiger charge is 2.36. The summed E-state index contributed by atoms with van der Waals surface area (Å²) in [6, 6.07) is 3.30. The van der Waals surface area contributed by atoms with E-state index in [4.69, 9.17) is 14.2 Å². The Morgan fingerprint density at radius 3 is 2.62 bits per heavy atom. The number of esters is 1. The summed E-state index contributed by atoms with van der Waals surface area (Å²) in [6.45, 7) is 11.0. The van der Waals surface area contributed by atoms with Crippen LogP contribution in [-0.4, -0.2) is 46.3 Å². The third-order valence-corrected chi connectivity index (χ3v) is 6.01. The Morgan fingerprint density at radius 1 is 1.22 bits per heavy atom. The van der Waals surface area contributed by atoms with Crippen LogP contribution in [-0.2, 0) is 9.53 Å². The predicted molar refractivity (Wildman–Crippen MR) is 129 cm³/mol. The highest BCUT2D eigenvalue weighted by molar-refractivity contribution is 9.10. The highest BCUT2D eigenvalue weighted by atomic mass is 79.9. The Kier molecular flexibility index (Phi) is 8.47. The first-order chi connectivity index (χ1) is 15.4. The number of fused-ring (bicyclic) bond motifs is 1. The van der Waals surface area contributed by atoms with Crippen molar-refractivity contribution in [2.45, 2.75) is 52.2 Å². The van der Waals surface area contributed by atoms with Gasteiger partial charge in [-0.15, -0.1) is 5.10 Å². The number of halogens is 1. The number of carbonyl (C=O) groups is 1. The molecule has 0 aliphatic carbocycles. The molecule has 32 heavy (non-hydrogen) atoms. The van der Waals surface area contributed by atoms with Gasteiger partial charge in [0.1, 0.15) is 6.04 Å².